The maximum absolute atomic E-state index is 11.7. The van der Waals surface area contributed by atoms with Gasteiger partial charge >= 0.3 is 6.09 Å². The number of aromatic nitrogens is 5. The largest absolute Gasteiger partial charge is 0.491 e. The van der Waals surface area contributed by atoms with E-state index in [1.807, 2.05) is 33.0 Å². The zero-order valence-electron chi connectivity index (χ0n) is 30.3. The molecule has 0 spiro atoms. The van der Waals surface area contributed by atoms with Crippen LogP contribution in [0.25, 0.3) is 22.6 Å². The number of aryl methyl sites for hydroxylation is 2. The van der Waals surface area contributed by atoms with Gasteiger partial charge in [-0.3, -0.25) is 0 Å². The predicted molar refractivity (Wildman–Crippen MR) is 194 cm³/mol. The van der Waals surface area contributed by atoms with Gasteiger partial charge < -0.3 is 28.6 Å². The molecule has 12 nitrogen and oxygen atoms in total. The summed E-state index contributed by atoms with van der Waals surface area (Å²) in [6.07, 6.45) is 2.73. The van der Waals surface area contributed by atoms with E-state index >= 15 is 0 Å². The van der Waals surface area contributed by atoms with E-state index in [-0.39, 0.29) is 18.2 Å². The highest BCUT2D eigenvalue weighted by atomic mass is 35.5. The summed E-state index contributed by atoms with van der Waals surface area (Å²) < 4.78 is 18.5. The Labute approximate surface area is 299 Å². The molecule has 0 saturated heterocycles. The van der Waals surface area contributed by atoms with Gasteiger partial charge in [-0.05, 0) is 69.9 Å². The Morgan fingerprint density at radius 2 is 1.90 bits per heavy atom. The SMILES string of the molecule is Cc1noc(C)c1-c1nc(-c2cc(OC[C@@H](CN(C)C(=O)O)O[Si](C)(C)C(C)(C)C)ccc2Cl)nc(N2Cc3cnc(C4CC4)nc3C2)c1C. The van der Waals surface area contributed by atoms with Gasteiger partial charge in [0.25, 0.3) is 0 Å². The Kier molecular flexibility index (Phi) is 9.70. The van der Waals surface area contributed by atoms with Gasteiger partial charge in [-0.15, -0.1) is 0 Å². The number of hydrogen-bond acceptors (Lipinski definition) is 10. The number of nitrogens with zero attached hydrogens (tertiary/aromatic N) is 7. The van der Waals surface area contributed by atoms with E-state index in [9.17, 15) is 9.90 Å². The lowest BCUT2D eigenvalue weighted by atomic mass is 10.0. The summed E-state index contributed by atoms with van der Waals surface area (Å²) in [6, 6.07) is 5.37. The molecule has 1 aliphatic heterocycles. The molecule has 6 rings (SSSR count). The fourth-order valence-electron chi connectivity index (χ4n) is 5.91. The third kappa shape index (κ3) is 7.35. The number of carboxylic acid groups (broad SMARTS) is 1. The summed E-state index contributed by atoms with van der Waals surface area (Å²) in [7, 11) is -0.710. The Hall–Kier alpha value is -4.07. The highest BCUT2D eigenvalue weighted by molar-refractivity contribution is 6.74. The molecule has 50 heavy (non-hydrogen) atoms. The Morgan fingerprint density at radius 3 is 2.54 bits per heavy atom. The van der Waals surface area contributed by atoms with Crippen molar-refractivity contribution in [3.05, 3.63) is 63.5 Å². The number of amides is 1. The highest BCUT2D eigenvalue weighted by Gasteiger charge is 2.40. The van der Waals surface area contributed by atoms with Crippen LogP contribution in [0.2, 0.25) is 23.2 Å². The number of likely N-dealkylation sites (N-methyl/N-ethyl adjacent to an activating group) is 1. The first kappa shape index (κ1) is 35.7. The standard InChI is InChI=1S/C36H46ClN7O5Si/c1-20-31(30-21(2)42-48-22(30)3)40-33(41-34(20)44-16-24-15-38-32(23-10-11-23)39-29(24)18-44)27-14-25(12-13-28(27)37)47-19-26(17-43(7)35(45)46)49-50(8,9)36(4,5)6/h12-15,23,26H,10-11,16-19H2,1-9H3,(H,45,46)/t26-/m1/s1. The van der Waals surface area contributed by atoms with Crippen molar-refractivity contribution in [2.75, 3.05) is 25.1 Å². The minimum absolute atomic E-state index is 0.0668. The number of halogens is 1. The third-order valence-electron chi connectivity index (χ3n) is 9.99. The molecular weight excluding hydrogens is 674 g/mol. The molecule has 1 aliphatic carbocycles. The first-order valence-electron chi connectivity index (χ1n) is 17.0. The first-order valence-corrected chi connectivity index (χ1v) is 20.3. The minimum Gasteiger partial charge on any atom is -0.491 e. The molecule has 1 amide bonds. The number of ether oxygens (including phenoxy) is 1. The predicted octanol–water partition coefficient (Wildman–Crippen LogP) is 7.94. The summed E-state index contributed by atoms with van der Waals surface area (Å²) in [5.74, 6) is 3.78. The number of hydrogen-bond donors (Lipinski definition) is 1. The number of fused-ring (bicyclic) bond motifs is 1. The van der Waals surface area contributed by atoms with Crippen molar-refractivity contribution in [3.8, 4) is 28.4 Å². The van der Waals surface area contributed by atoms with Gasteiger partial charge in [0.2, 0.25) is 0 Å². The fourth-order valence-corrected chi connectivity index (χ4v) is 7.44. The molecule has 266 valence electrons. The molecule has 0 unspecified atom stereocenters. The summed E-state index contributed by atoms with van der Waals surface area (Å²) >= 11 is 6.86. The van der Waals surface area contributed by atoms with Crippen LogP contribution in [0.5, 0.6) is 5.75 Å². The summed E-state index contributed by atoms with van der Waals surface area (Å²) in [6.45, 7) is 18.1. The van der Waals surface area contributed by atoms with Crippen molar-refractivity contribution in [1.29, 1.82) is 0 Å². The maximum atomic E-state index is 11.7. The van der Waals surface area contributed by atoms with Gasteiger partial charge in [-0.2, -0.15) is 0 Å². The van der Waals surface area contributed by atoms with Crippen molar-refractivity contribution in [1.82, 2.24) is 30.0 Å². The van der Waals surface area contributed by atoms with Gasteiger partial charge in [0, 0.05) is 42.4 Å². The first-order chi connectivity index (χ1) is 23.5. The summed E-state index contributed by atoms with van der Waals surface area (Å²) in [5.41, 5.74) is 5.85. The number of rotatable bonds is 11. The van der Waals surface area contributed by atoms with Crippen molar-refractivity contribution in [2.24, 2.45) is 0 Å². The lowest BCUT2D eigenvalue weighted by Gasteiger charge is -2.39. The number of carbonyl (C=O) groups is 1. The van der Waals surface area contributed by atoms with E-state index < -0.39 is 20.5 Å². The average Bonchev–Trinajstić information content (AvgIpc) is 3.73. The number of anilines is 1. The van der Waals surface area contributed by atoms with Gasteiger partial charge in [-0.25, -0.2) is 24.7 Å². The molecule has 1 N–H and O–H groups in total. The minimum atomic E-state index is -2.24. The van der Waals surface area contributed by atoms with E-state index in [4.69, 9.17) is 40.2 Å². The average molecular weight is 720 g/mol. The van der Waals surface area contributed by atoms with Crippen LogP contribution in [-0.2, 0) is 17.5 Å². The van der Waals surface area contributed by atoms with Gasteiger partial charge in [0.1, 0.15) is 29.8 Å². The normalized spacial score (nSPS) is 15.3. The molecule has 0 bridgehead atoms. The molecule has 1 saturated carbocycles. The van der Waals surface area contributed by atoms with E-state index in [2.05, 4.69) is 48.9 Å². The van der Waals surface area contributed by atoms with Crippen molar-refractivity contribution >= 4 is 31.8 Å². The lowest BCUT2D eigenvalue weighted by molar-refractivity contribution is 0.0794. The van der Waals surface area contributed by atoms with E-state index in [0.29, 0.717) is 52.6 Å². The monoisotopic (exact) mass is 719 g/mol. The van der Waals surface area contributed by atoms with Gasteiger partial charge in [-0.1, -0.05) is 37.5 Å². The quantitative estimate of drug-likeness (QED) is 0.151. The zero-order chi connectivity index (χ0) is 36.1. The van der Waals surface area contributed by atoms with Crippen molar-refractivity contribution in [3.63, 3.8) is 0 Å². The Morgan fingerprint density at radius 1 is 1.16 bits per heavy atom. The smallest absolute Gasteiger partial charge is 0.407 e. The third-order valence-corrected chi connectivity index (χ3v) is 14.9. The topological polar surface area (TPSA) is 140 Å². The molecular formula is C36H46ClN7O5Si. The summed E-state index contributed by atoms with van der Waals surface area (Å²) in [5, 5.41) is 14.2. The fraction of sp³-hybridized carbons (Fsp3) is 0.500. The maximum Gasteiger partial charge on any atom is 0.407 e. The highest BCUT2D eigenvalue weighted by Crippen LogP contribution is 2.41. The molecule has 4 heterocycles. The van der Waals surface area contributed by atoms with Crippen LogP contribution in [0.1, 0.15) is 73.6 Å². The molecule has 14 heteroatoms. The van der Waals surface area contributed by atoms with Crippen LogP contribution in [0.3, 0.4) is 0 Å². The molecule has 0 radical (unpaired) electrons. The summed E-state index contributed by atoms with van der Waals surface area (Å²) in [4.78, 5) is 34.9. The van der Waals surface area contributed by atoms with Crippen LogP contribution in [-0.4, -0.2) is 75.8 Å². The van der Waals surface area contributed by atoms with Crippen LogP contribution in [0.4, 0.5) is 10.6 Å². The van der Waals surface area contributed by atoms with Crippen LogP contribution < -0.4 is 9.64 Å². The Balaban J connectivity index is 1.34. The second kappa shape index (κ2) is 13.6. The van der Waals surface area contributed by atoms with Gasteiger partial charge in [0.05, 0.1) is 46.9 Å². The van der Waals surface area contributed by atoms with Crippen LogP contribution in [0, 0.1) is 20.8 Å². The van der Waals surface area contributed by atoms with Gasteiger partial charge in [0.15, 0.2) is 14.1 Å². The second-order valence-electron chi connectivity index (χ2n) is 15.0. The molecule has 1 atom stereocenters. The van der Waals surface area contributed by atoms with Crippen LogP contribution in [0.15, 0.2) is 28.9 Å². The van der Waals surface area contributed by atoms with Crippen LogP contribution >= 0.6 is 11.6 Å². The Bertz CT molecular complexity index is 1900. The van der Waals surface area contributed by atoms with E-state index in [1.54, 1.807) is 12.1 Å². The molecule has 4 aromatic rings. The van der Waals surface area contributed by atoms with E-state index in [1.165, 1.54) is 11.9 Å². The second-order valence-corrected chi connectivity index (χ2v) is 20.2. The van der Waals surface area contributed by atoms with Crippen molar-refractivity contribution < 1.29 is 23.6 Å². The molecule has 1 aromatic carbocycles. The molecule has 1 fully saturated rings. The van der Waals surface area contributed by atoms with Crippen molar-refractivity contribution in [2.45, 2.75) is 97.6 Å². The lowest BCUT2D eigenvalue weighted by Crippen LogP contribution is -2.49. The molecule has 3 aromatic heterocycles. The molecule has 2 aliphatic rings. The van der Waals surface area contributed by atoms with E-state index in [0.717, 1.165) is 52.6 Å². The number of benzene rings is 1. The zero-order valence-corrected chi connectivity index (χ0v) is 32.1.